The van der Waals surface area contributed by atoms with Crippen molar-refractivity contribution in [1.29, 1.82) is 0 Å². The van der Waals surface area contributed by atoms with Gasteiger partial charge in [0.1, 0.15) is 23.4 Å². The molecule has 16 heteroatoms. The van der Waals surface area contributed by atoms with Gasteiger partial charge in [0.2, 0.25) is 0 Å². The third-order valence-electron chi connectivity index (χ3n) is 7.42. The molecule has 0 aliphatic carbocycles. The zero-order valence-corrected chi connectivity index (χ0v) is 27.9. The van der Waals surface area contributed by atoms with Crippen LogP contribution in [0.25, 0.3) is 11.0 Å². The summed E-state index contributed by atoms with van der Waals surface area (Å²) in [5.41, 5.74) is -0.0683. The summed E-state index contributed by atoms with van der Waals surface area (Å²) in [7, 11) is -2.09. The molecule has 1 aromatic heterocycles. The van der Waals surface area contributed by atoms with Gasteiger partial charge in [0.05, 0.1) is 48.3 Å². The van der Waals surface area contributed by atoms with Gasteiger partial charge in [0, 0.05) is 42.9 Å². The number of nitrogens with one attached hydrogen (secondary N) is 2. The zero-order chi connectivity index (χ0) is 35.4. The van der Waals surface area contributed by atoms with Gasteiger partial charge < -0.3 is 29.6 Å². The summed E-state index contributed by atoms with van der Waals surface area (Å²) in [4.78, 5) is 31.7. The van der Waals surface area contributed by atoms with Crippen LogP contribution >= 0.6 is 0 Å². The first-order valence-electron chi connectivity index (χ1n) is 14.9. The Morgan fingerprint density at radius 2 is 1.88 bits per heavy atom. The smallest absolute Gasteiger partial charge is 0.410 e. The van der Waals surface area contributed by atoms with Crippen LogP contribution in [0.2, 0.25) is 0 Å². The molecular formula is C32H37F4N5O6S. The minimum atomic E-state index is -4.57. The number of piperidine rings is 1. The Hall–Kier alpha value is -4.52. The number of nitrogens with zero attached hydrogens (tertiary/aromatic N) is 3. The van der Waals surface area contributed by atoms with Crippen molar-refractivity contribution in [2.24, 2.45) is 5.92 Å². The maximum absolute atomic E-state index is 14.1. The number of amides is 2. The largest absolute Gasteiger partial charge is 0.495 e. The van der Waals surface area contributed by atoms with E-state index >= 15 is 0 Å². The lowest BCUT2D eigenvalue weighted by Gasteiger charge is -2.38. The van der Waals surface area contributed by atoms with Crippen LogP contribution in [0.1, 0.15) is 43.1 Å². The van der Waals surface area contributed by atoms with Crippen LogP contribution in [0.15, 0.2) is 41.6 Å². The fourth-order valence-electron chi connectivity index (χ4n) is 5.18. The first kappa shape index (κ1) is 36.3. The lowest BCUT2D eigenvalue weighted by Crippen LogP contribution is -2.53. The molecule has 1 aliphatic heterocycles. The molecule has 1 aliphatic rings. The Kier molecular flexibility index (Phi) is 10.8. The molecule has 1 saturated heterocycles. The van der Waals surface area contributed by atoms with Crippen LogP contribution in [0.3, 0.4) is 0 Å². The SMILES string of the molecule is COc1cc(S(C)(=O)=O)ccc1NCC#Cc1cc(C(=O)NC2CCN(C(=O)OC(C)(C)C)CC2CF)c2ncn(CC(F)(F)F)c2c1. The van der Waals surface area contributed by atoms with E-state index in [0.29, 0.717) is 5.69 Å². The number of likely N-dealkylation sites (tertiary alicyclic amines) is 1. The number of alkyl halides is 4. The van der Waals surface area contributed by atoms with Crippen LogP contribution < -0.4 is 15.4 Å². The number of imidazole rings is 1. The fraction of sp³-hybridized carbons (Fsp3) is 0.469. The molecule has 0 saturated carbocycles. The van der Waals surface area contributed by atoms with E-state index in [0.717, 1.165) is 17.2 Å². The van der Waals surface area contributed by atoms with Crippen molar-refractivity contribution in [3.05, 3.63) is 47.8 Å². The topological polar surface area (TPSA) is 132 Å². The summed E-state index contributed by atoms with van der Waals surface area (Å²) >= 11 is 0. The highest BCUT2D eigenvalue weighted by Crippen LogP contribution is 2.28. The molecule has 1 fully saturated rings. The Balaban J connectivity index is 1.58. The van der Waals surface area contributed by atoms with Gasteiger partial charge in [-0.1, -0.05) is 11.8 Å². The summed E-state index contributed by atoms with van der Waals surface area (Å²) in [6.45, 7) is 3.21. The quantitative estimate of drug-likeness (QED) is 0.254. The number of fused-ring (bicyclic) bond motifs is 1. The Morgan fingerprint density at radius 3 is 2.50 bits per heavy atom. The maximum atomic E-state index is 14.1. The molecule has 4 rings (SSSR count). The average molecular weight is 696 g/mol. The number of rotatable bonds is 8. The summed E-state index contributed by atoms with van der Waals surface area (Å²) < 4.78 is 89.5. The Morgan fingerprint density at radius 1 is 1.15 bits per heavy atom. The van der Waals surface area contributed by atoms with Crippen molar-refractivity contribution in [2.45, 2.75) is 56.5 Å². The summed E-state index contributed by atoms with van der Waals surface area (Å²) in [6.07, 6.45) is -2.87. The molecule has 48 heavy (non-hydrogen) atoms. The fourth-order valence-corrected chi connectivity index (χ4v) is 5.82. The second kappa shape index (κ2) is 14.3. The summed E-state index contributed by atoms with van der Waals surface area (Å²) in [5.74, 6) is 4.54. The van der Waals surface area contributed by atoms with Gasteiger partial charge in [0.25, 0.3) is 5.91 Å². The number of hydrogen-bond donors (Lipinski definition) is 2. The molecule has 0 radical (unpaired) electrons. The number of carbonyl (C=O) groups excluding carboxylic acids is 2. The van der Waals surface area contributed by atoms with Gasteiger partial charge in [-0.05, 0) is 51.5 Å². The molecule has 2 N–H and O–H groups in total. The number of carbonyl (C=O) groups is 2. The van der Waals surface area contributed by atoms with E-state index in [1.165, 1.54) is 42.3 Å². The molecule has 3 aromatic rings. The van der Waals surface area contributed by atoms with Crippen LogP contribution in [-0.2, 0) is 21.1 Å². The molecule has 2 atom stereocenters. The van der Waals surface area contributed by atoms with E-state index in [-0.39, 0.29) is 58.9 Å². The van der Waals surface area contributed by atoms with Crippen molar-refractivity contribution >= 4 is 38.6 Å². The lowest BCUT2D eigenvalue weighted by atomic mass is 9.93. The number of hydrogen-bond acceptors (Lipinski definition) is 8. The minimum Gasteiger partial charge on any atom is -0.495 e. The number of ether oxygens (including phenoxy) is 2. The number of halogens is 4. The van der Waals surface area contributed by atoms with Crippen molar-refractivity contribution in [2.75, 3.05) is 45.0 Å². The minimum absolute atomic E-state index is 0.00622. The molecule has 2 amide bonds. The number of methoxy groups -OCH3 is 1. The van der Waals surface area contributed by atoms with Crippen LogP contribution in [0.5, 0.6) is 5.75 Å². The molecule has 260 valence electrons. The van der Waals surface area contributed by atoms with Crippen molar-refractivity contribution in [3.8, 4) is 17.6 Å². The molecule has 0 spiro atoms. The lowest BCUT2D eigenvalue weighted by molar-refractivity contribution is -0.140. The van der Waals surface area contributed by atoms with Gasteiger partial charge >= 0.3 is 12.3 Å². The second-order valence-electron chi connectivity index (χ2n) is 12.4. The Labute approximate surface area is 275 Å². The van der Waals surface area contributed by atoms with Crippen molar-refractivity contribution in [1.82, 2.24) is 19.8 Å². The van der Waals surface area contributed by atoms with Crippen molar-refractivity contribution in [3.63, 3.8) is 0 Å². The molecule has 11 nitrogen and oxygen atoms in total. The number of benzene rings is 2. The number of aromatic nitrogens is 2. The number of sulfone groups is 1. The van der Waals surface area contributed by atoms with Gasteiger partial charge in [-0.2, -0.15) is 13.2 Å². The number of anilines is 1. The normalized spacial score (nSPS) is 17.0. The van der Waals surface area contributed by atoms with E-state index in [9.17, 15) is 35.6 Å². The monoisotopic (exact) mass is 695 g/mol. The molecule has 2 unspecified atom stereocenters. The third-order valence-corrected chi connectivity index (χ3v) is 8.53. The van der Waals surface area contributed by atoms with Crippen LogP contribution in [-0.4, -0.2) is 92.4 Å². The zero-order valence-electron chi connectivity index (χ0n) is 27.1. The predicted molar refractivity (Wildman–Crippen MR) is 170 cm³/mol. The summed E-state index contributed by atoms with van der Waals surface area (Å²) in [6, 6.07) is 6.41. The summed E-state index contributed by atoms with van der Waals surface area (Å²) in [5, 5.41) is 5.79. The van der Waals surface area contributed by atoms with Gasteiger partial charge in [-0.3, -0.25) is 9.18 Å². The van der Waals surface area contributed by atoms with Crippen LogP contribution in [0.4, 0.5) is 28.0 Å². The molecule has 2 heterocycles. The highest BCUT2D eigenvalue weighted by Gasteiger charge is 2.35. The highest BCUT2D eigenvalue weighted by molar-refractivity contribution is 7.90. The van der Waals surface area contributed by atoms with Gasteiger partial charge in [-0.15, -0.1) is 0 Å². The van der Waals surface area contributed by atoms with E-state index in [4.69, 9.17) is 9.47 Å². The maximum Gasteiger partial charge on any atom is 0.410 e. The first-order chi connectivity index (χ1) is 22.4. The van der Waals surface area contributed by atoms with E-state index in [1.54, 1.807) is 20.8 Å². The molecule has 0 bridgehead atoms. The second-order valence-corrected chi connectivity index (χ2v) is 14.4. The van der Waals surface area contributed by atoms with Crippen LogP contribution in [0, 0.1) is 17.8 Å². The van der Waals surface area contributed by atoms with Crippen molar-refractivity contribution < 1.29 is 45.0 Å². The average Bonchev–Trinajstić information content (AvgIpc) is 3.38. The first-order valence-corrected chi connectivity index (χ1v) is 16.8. The van der Waals surface area contributed by atoms with Gasteiger partial charge in [0.15, 0.2) is 9.84 Å². The molecule has 2 aromatic carbocycles. The van der Waals surface area contributed by atoms with E-state index in [2.05, 4.69) is 27.5 Å². The Bertz CT molecular complexity index is 1840. The standard InChI is InChI=1S/C32H37F4N5O6S/c1-31(2,3)47-30(43)40-12-10-24(21(16-33)17-40)39-29(42)23-13-20(14-26-28(23)38-19-41(26)18-32(34,35)36)7-6-11-37-25-9-8-22(48(5,44)45)15-27(25)46-4/h8-9,13-15,19,21,24,37H,10-12,16-18H2,1-5H3,(H,39,42). The van der Waals surface area contributed by atoms with E-state index < -0.39 is 58.8 Å². The highest BCUT2D eigenvalue weighted by atomic mass is 32.2. The predicted octanol–water partition coefficient (Wildman–Crippen LogP) is 4.80. The molecular weight excluding hydrogens is 658 g/mol. The third kappa shape index (κ3) is 9.30. The van der Waals surface area contributed by atoms with E-state index in [1.807, 2.05) is 0 Å². The van der Waals surface area contributed by atoms with Gasteiger partial charge in [-0.25, -0.2) is 18.2 Å².